The first kappa shape index (κ1) is 17.8. The third kappa shape index (κ3) is 3.75. The molecule has 142 valence electrons. The first-order valence-electron chi connectivity index (χ1n) is 9.79. The molecule has 0 bridgehead atoms. The molecule has 1 aromatic carbocycles. The molecule has 2 aliphatic rings. The lowest BCUT2D eigenvalue weighted by Gasteiger charge is -2.33. The molecule has 0 aliphatic carbocycles. The SMILES string of the molecule is Cc1nc([C@H]2CCCN(C(=O)c3ccccc3O)C2)cc(N2CCCC2)n1. The van der Waals surface area contributed by atoms with E-state index in [4.69, 9.17) is 0 Å². The fraction of sp³-hybridized carbons (Fsp3) is 0.476. The smallest absolute Gasteiger partial charge is 0.257 e. The van der Waals surface area contributed by atoms with Crippen molar-refractivity contribution in [2.45, 2.75) is 38.5 Å². The third-order valence-corrected chi connectivity index (χ3v) is 5.54. The summed E-state index contributed by atoms with van der Waals surface area (Å²) in [6.07, 6.45) is 4.38. The number of aryl methyl sites for hydroxylation is 1. The van der Waals surface area contributed by atoms with Crippen LogP contribution in [-0.4, -0.2) is 52.1 Å². The minimum Gasteiger partial charge on any atom is -0.507 e. The molecular formula is C21H26N4O2. The maximum Gasteiger partial charge on any atom is 0.257 e. The highest BCUT2D eigenvalue weighted by molar-refractivity contribution is 5.96. The van der Waals surface area contributed by atoms with Gasteiger partial charge in [0.25, 0.3) is 5.91 Å². The lowest BCUT2D eigenvalue weighted by Crippen LogP contribution is -2.39. The van der Waals surface area contributed by atoms with Gasteiger partial charge in [-0.2, -0.15) is 0 Å². The quantitative estimate of drug-likeness (QED) is 0.904. The van der Waals surface area contributed by atoms with Crippen molar-refractivity contribution in [3.05, 3.63) is 47.4 Å². The third-order valence-electron chi connectivity index (χ3n) is 5.54. The maximum atomic E-state index is 12.9. The predicted octanol–water partition coefficient (Wildman–Crippen LogP) is 3.11. The Bertz CT molecular complexity index is 833. The van der Waals surface area contributed by atoms with Crippen LogP contribution in [0.3, 0.4) is 0 Å². The maximum absolute atomic E-state index is 12.9. The summed E-state index contributed by atoms with van der Waals surface area (Å²) in [6, 6.07) is 8.86. The topological polar surface area (TPSA) is 69.6 Å². The summed E-state index contributed by atoms with van der Waals surface area (Å²) in [5.41, 5.74) is 1.40. The zero-order valence-corrected chi connectivity index (χ0v) is 15.8. The van der Waals surface area contributed by atoms with Crippen LogP contribution < -0.4 is 4.90 Å². The number of carbonyl (C=O) groups is 1. The zero-order valence-electron chi connectivity index (χ0n) is 15.8. The number of phenols is 1. The predicted molar refractivity (Wildman–Crippen MR) is 104 cm³/mol. The van der Waals surface area contributed by atoms with Crippen LogP contribution in [-0.2, 0) is 0 Å². The van der Waals surface area contributed by atoms with E-state index in [0.717, 1.165) is 43.3 Å². The molecule has 6 heteroatoms. The van der Waals surface area contributed by atoms with Crippen molar-refractivity contribution in [1.29, 1.82) is 0 Å². The van der Waals surface area contributed by atoms with Crippen molar-refractivity contribution in [1.82, 2.24) is 14.9 Å². The number of para-hydroxylation sites is 1. The Morgan fingerprint density at radius 3 is 2.67 bits per heavy atom. The monoisotopic (exact) mass is 366 g/mol. The van der Waals surface area contributed by atoms with E-state index in [2.05, 4.69) is 20.9 Å². The normalized spacial score (nSPS) is 20.1. The number of anilines is 1. The number of carbonyl (C=O) groups excluding carboxylic acids is 1. The Kier molecular flexibility index (Phi) is 4.97. The van der Waals surface area contributed by atoms with Crippen molar-refractivity contribution in [3.8, 4) is 5.75 Å². The lowest BCUT2D eigenvalue weighted by atomic mass is 9.93. The highest BCUT2D eigenvalue weighted by Crippen LogP contribution is 2.30. The number of piperidine rings is 1. The summed E-state index contributed by atoms with van der Waals surface area (Å²) in [5, 5.41) is 10.0. The number of aromatic nitrogens is 2. The summed E-state index contributed by atoms with van der Waals surface area (Å²) >= 11 is 0. The largest absolute Gasteiger partial charge is 0.507 e. The van der Waals surface area contributed by atoms with Gasteiger partial charge in [0.1, 0.15) is 17.4 Å². The van der Waals surface area contributed by atoms with Crippen LogP contribution in [0.5, 0.6) is 5.75 Å². The van der Waals surface area contributed by atoms with Crippen LogP contribution in [0.15, 0.2) is 30.3 Å². The molecule has 6 nitrogen and oxygen atoms in total. The summed E-state index contributed by atoms with van der Waals surface area (Å²) in [6.45, 7) is 5.39. The lowest BCUT2D eigenvalue weighted by molar-refractivity contribution is 0.0703. The number of phenolic OH excluding ortho intramolecular Hbond substituents is 1. The number of nitrogens with zero attached hydrogens (tertiary/aromatic N) is 4. The zero-order chi connectivity index (χ0) is 18.8. The van der Waals surface area contributed by atoms with Crippen molar-refractivity contribution in [2.24, 2.45) is 0 Å². The van der Waals surface area contributed by atoms with Gasteiger partial charge in [-0.1, -0.05) is 12.1 Å². The first-order chi connectivity index (χ1) is 13.1. The minimum atomic E-state index is -0.108. The molecule has 3 heterocycles. The number of hydrogen-bond acceptors (Lipinski definition) is 5. The molecule has 4 rings (SSSR count). The second-order valence-corrected chi connectivity index (χ2v) is 7.50. The van der Waals surface area contributed by atoms with Gasteiger partial charge in [0.2, 0.25) is 0 Å². The standard InChI is InChI=1S/C21H26N4O2/c1-15-22-18(13-20(23-15)24-10-4-5-11-24)16-7-6-12-25(14-16)21(27)17-8-2-3-9-19(17)26/h2-3,8-9,13,16,26H,4-7,10-12,14H2,1H3/t16-/m0/s1. The average molecular weight is 366 g/mol. The summed E-state index contributed by atoms with van der Waals surface area (Å²) in [5.74, 6) is 1.94. The van der Waals surface area contributed by atoms with Crippen LogP contribution in [0.1, 0.15) is 53.5 Å². The molecule has 0 spiro atoms. The van der Waals surface area contributed by atoms with E-state index >= 15 is 0 Å². The number of likely N-dealkylation sites (tertiary alicyclic amines) is 1. The van der Waals surface area contributed by atoms with Crippen molar-refractivity contribution < 1.29 is 9.90 Å². The van der Waals surface area contributed by atoms with Crippen LogP contribution >= 0.6 is 0 Å². The van der Waals surface area contributed by atoms with Crippen LogP contribution in [0.2, 0.25) is 0 Å². The molecule has 1 aromatic heterocycles. The summed E-state index contributed by atoms with van der Waals surface area (Å²) < 4.78 is 0. The number of aromatic hydroxyl groups is 1. The Labute approximate surface area is 159 Å². The highest BCUT2D eigenvalue weighted by Gasteiger charge is 2.28. The highest BCUT2D eigenvalue weighted by atomic mass is 16.3. The molecule has 1 N–H and O–H groups in total. The van der Waals surface area contributed by atoms with Crippen molar-refractivity contribution in [2.75, 3.05) is 31.1 Å². The fourth-order valence-corrected chi connectivity index (χ4v) is 4.12. The molecule has 2 fully saturated rings. The number of hydrogen-bond donors (Lipinski definition) is 1. The summed E-state index contributed by atoms with van der Waals surface area (Å²) in [7, 11) is 0. The van der Waals surface area contributed by atoms with Gasteiger partial charge in [-0.25, -0.2) is 9.97 Å². The molecular weight excluding hydrogens is 340 g/mol. The molecule has 0 unspecified atom stereocenters. The molecule has 0 radical (unpaired) electrons. The fourth-order valence-electron chi connectivity index (χ4n) is 4.12. The number of rotatable bonds is 3. The van der Waals surface area contributed by atoms with Gasteiger partial charge in [0.05, 0.1) is 11.3 Å². The molecule has 1 amide bonds. The van der Waals surface area contributed by atoms with Crippen LogP contribution in [0, 0.1) is 6.92 Å². The van der Waals surface area contributed by atoms with Gasteiger partial charge in [-0.05, 0) is 44.7 Å². The first-order valence-corrected chi connectivity index (χ1v) is 9.79. The van der Waals surface area contributed by atoms with E-state index in [1.165, 1.54) is 12.8 Å². The number of amides is 1. The van der Waals surface area contributed by atoms with E-state index < -0.39 is 0 Å². The molecule has 1 atom stereocenters. The van der Waals surface area contributed by atoms with Crippen LogP contribution in [0.4, 0.5) is 5.82 Å². The minimum absolute atomic E-state index is 0.0406. The molecule has 2 aromatic rings. The van der Waals surface area contributed by atoms with Crippen LogP contribution in [0.25, 0.3) is 0 Å². The van der Waals surface area contributed by atoms with E-state index in [-0.39, 0.29) is 17.6 Å². The molecule has 2 aliphatic heterocycles. The number of benzene rings is 1. The van der Waals surface area contributed by atoms with E-state index in [9.17, 15) is 9.90 Å². The van der Waals surface area contributed by atoms with Gasteiger partial charge < -0.3 is 14.9 Å². The second kappa shape index (κ2) is 7.55. The Morgan fingerprint density at radius 2 is 1.89 bits per heavy atom. The van der Waals surface area contributed by atoms with Gasteiger partial charge in [-0.15, -0.1) is 0 Å². The van der Waals surface area contributed by atoms with E-state index in [0.29, 0.717) is 18.7 Å². The van der Waals surface area contributed by atoms with E-state index in [1.807, 2.05) is 11.8 Å². The Morgan fingerprint density at radius 1 is 1.11 bits per heavy atom. The van der Waals surface area contributed by atoms with Crippen molar-refractivity contribution in [3.63, 3.8) is 0 Å². The Balaban J connectivity index is 1.54. The average Bonchev–Trinajstić information content (AvgIpc) is 3.22. The van der Waals surface area contributed by atoms with Gasteiger partial charge >= 0.3 is 0 Å². The summed E-state index contributed by atoms with van der Waals surface area (Å²) in [4.78, 5) is 26.3. The Hall–Kier alpha value is -2.63. The van der Waals surface area contributed by atoms with Gasteiger partial charge in [-0.3, -0.25) is 4.79 Å². The van der Waals surface area contributed by atoms with Gasteiger partial charge in [0.15, 0.2) is 0 Å². The van der Waals surface area contributed by atoms with Crippen molar-refractivity contribution >= 4 is 11.7 Å². The molecule has 2 saturated heterocycles. The van der Waals surface area contributed by atoms with E-state index in [1.54, 1.807) is 24.3 Å². The second-order valence-electron chi connectivity index (χ2n) is 7.50. The molecule has 0 saturated carbocycles. The molecule has 27 heavy (non-hydrogen) atoms. The van der Waals surface area contributed by atoms with Gasteiger partial charge in [0, 0.05) is 38.2 Å².